The maximum Gasteiger partial charge on any atom is 0.128 e. The van der Waals surface area contributed by atoms with E-state index < -0.39 is 11.6 Å². The number of ether oxygens (including phenoxy) is 1. The van der Waals surface area contributed by atoms with Crippen LogP contribution < -0.4 is 5.32 Å². The van der Waals surface area contributed by atoms with Crippen LogP contribution in [0, 0.1) is 11.6 Å². The van der Waals surface area contributed by atoms with E-state index in [-0.39, 0.29) is 12.1 Å². The van der Waals surface area contributed by atoms with Gasteiger partial charge in [-0.1, -0.05) is 0 Å². The maximum atomic E-state index is 13.9. The number of likely N-dealkylation sites (N-methyl/N-ethyl adjacent to an activating group) is 1. The zero-order valence-corrected chi connectivity index (χ0v) is 12.2. The Hall–Kier alpha value is -1.04. The fourth-order valence-corrected chi connectivity index (χ4v) is 2.66. The standard InChI is InChI=1S/C15H22F2N2O/c1-10(2)19-6-7-20-14(9-19)15(18-3)12-8-11(16)4-5-13(12)17/h4-5,8,10,14-15,18H,6-7,9H2,1-3H3. The summed E-state index contributed by atoms with van der Waals surface area (Å²) in [5, 5.41) is 3.06. The van der Waals surface area contributed by atoms with Crippen molar-refractivity contribution >= 4 is 0 Å². The lowest BCUT2D eigenvalue weighted by molar-refractivity contribution is -0.0555. The molecule has 2 rings (SSSR count). The highest BCUT2D eigenvalue weighted by Gasteiger charge is 2.31. The first-order valence-corrected chi connectivity index (χ1v) is 7.00. The van der Waals surface area contributed by atoms with Crippen molar-refractivity contribution in [3.8, 4) is 0 Å². The maximum absolute atomic E-state index is 13.9. The molecule has 0 radical (unpaired) electrons. The normalized spacial score (nSPS) is 22.2. The molecule has 1 aromatic carbocycles. The van der Waals surface area contributed by atoms with E-state index >= 15 is 0 Å². The topological polar surface area (TPSA) is 24.5 Å². The number of morpholine rings is 1. The summed E-state index contributed by atoms with van der Waals surface area (Å²) in [5.41, 5.74) is 0.322. The largest absolute Gasteiger partial charge is 0.374 e. The molecule has 1 fully saturated rings. The second-order valence-electron chi connectivity index (χ2n) is 5.43. The monoisotopic (exact) mass is 284 g/mol. The molecule has 5 heteroatoms. The number of hydrogen-bond acceptors (Lipinski definition) is 3. The van der Waals surface area contributed by atoms with Crippen LogP contribution >= 0.6 is 0 Å². The minimum Gasteiger partial charge on any atom is -0.374 e. The molecule has 1 aliphatic heterocycles. The highest BCUT2D eigenvalue weighted by molar-refractivity contribution is 5.23. The molecule has 0 aromatic heterocycles. The molecule has 0 spiro atoms. The van der Waals surface area contributed by atoms with Crippen LogP contribution in [0.1, 0.15) is 25.5 Å². The van der Waals surface area contributed by atoms with E-state index in [1.165, 1.54) is 6.07 Å². The van der Waals surface area contributed by atoms with Gasteiger partial charge in [0.15, 0.2) is 0 Å². The fourth-order valence-electron chi connectivity index (χ4n) is 2.66. The molecule has 1 heterocycles. The first-order chi connectivity index (χ1) is 9.52. The molecule has 1 saturated heterocycles. The van der Waals surface area contributed by atoms with Crippen LogP contribution in [0.2, 0.25) is 0 Å². The Balaban J connectivity index is 2.21. The lowest BCUT2D eigenvalue weighted by atomic mass is 9.99. The average molecular weight is 284 g/mol. The minimum absolute atomic E-state index is 0.188. The molecule has 1 N–H and O–H groups in total. The SMILES string of the molecule is CNC(c1cc(F)ccc1F)C1CN(C(C)C)CCO1. The molecule has 3 nitrogen and oxygen atoms in total. The number of rotatable bonds is 4. The van der Waals surface area contributed by atoms with Crippen molar-refractivity contribution in [2.75, 3.05) is 26.7 Å². The predicted molar refractivity (Wildman–Crippen MR) is 74.6 cm³/mol. The van der Waals surface area contributed by atoms with E-state index in [0.29, 0.717) is 24.8 Å². The molecule has 0 aliphatic carbocycles. The van der Waals surface area contributed by atoms with Gasteiger partial charge >= 0.3 is 0 Å². The Morgan fingerprint density at radius 1 is 1.35 bits per heavy atom. The number of halogens is 2. The molecular formula is C15H22F2N2O. The van der Waals surface area contributed by atoms with Crippen molar-refractivity contribution in [3.05, 3.63) is 35.4 Å². The van der Waals surface area contributed by atoms with Gasteiger partial charge in [-0.05, 0) is 39.1 Å². The van der Waals surface area contributed by atoms with Crippen molar-refractivity contribution < 1.29 is 13.5 Å². The lowest BCUT2D eigenvalue weighted by Crippen LogP contribution is -2.50. The van der Waals surface area contributed by atoms with Crippen LogP contribution in [-0.4, -0.2) is 43.8 Å². The summed E-state index contributed by atoms with van der Waals surface area (Å²) < 4.78 is 33.1. The Morgan fingerprint density at radius 3 is 2.75 bits per heavy atom. The smallest absolute Gasteiger partial charge is 0.128 e. The Labute approximate surface area is 118 Å². The average Bonchev–Trinajstić information content (AvgIpc) is 2.44. The van der Waals surface area contributed by atoms with E-state index in [2.05, 4.69) is 24.1 Å². The van der Waals surface area contributed by atoms with Gasteiger partial charge in [0.05, 0.1) is 18.8 Å². The van der Waals surface area contributed by atoms with Gasteiger partial charge in [0.25, 0.3) is 0 Å². The summed E-state index contributed by atoms with van der Waals surface area (Å²) in [5.74, 6) is -0.839. The molecule has 2 unspecified atom stereocenters. The first-order valence-electron chi connectivity index (χ1n) is 7.00. The van der Waals surface area contributed by atoms with Gasteiger partial charge in [-0.2, -0.15) is 0 Å². The highest BCUT2D eigenvalue weighted by Crippen LogP contribution is 2.25. The van der Waals surface area contributed by atoms with Crippen molar-refractivity contribution in [1.82, 2.24) is 10.2 Å². The summed E-state index contributed by atoms with van der Waals surface area (Å²) in [6.45, 7) is 6.44. The molecule has 1 aromatic rings. The van der Waals surface area contributed by atoms with Gasteiger partial charge in [0.2, 0.25) is 0 Å². The quantitative estimate of drug-likeness (QED) is 0.918. The number of benzene rings is 1. The first kappa shape index (κ1) is 15.4. The molecule has 0 amide bonds. The number of nitrogens with one attached hydrogen (secondary N) is 1. The number of hydrogen-bond donors (Lipinski definition) is 1. The molecular weight excluding hydrogens is 262 g/mol. The molecule has 0 saturated carbocycles. The van der Waals surface area contributed by atoms with E-state index in [9.17, 15) is 8.78 Å². The summed E-state index contributed by atoms with van der Waals surface area (Å²) in [6.07, 6.45) is -0.188. The van der Waals surface area contributed by atoms with Gasteiger partial charge in [-0.25, -0.2) is 8.78 Å². The van der Waals surface area contributed by atoms with Gasteiger partial charge in [-0.3, -0.25) is 4.90 Å². The zero-order chi connectivity index (χ0) is 14.7. The van der Waals surface area contributed by atoms with Gasteiger partial charge in [0.1, 0.15) is 11.6 Å². The van der Waals surface area contributed by atoms with Crippen molar-refractivity contribution in [2.24, 2.45) is 0 Å². The van der Waals surface area contributed by atoms with E-state index in [1.54, 1.807) is 7.05 Å². The molecule has 112 valence electrons. The van der Waals surface area contributed by atoms with E-state index in [4.69, 9.17) is 4.74 Å². The summed E-state index contributed by atoms with van der Waals surface area (Å²) >= 11 is 0. The van der Waals surface area contributed by atoms with E-state index in [0.717, 1.165) is 18.7 Å². The minimum atomic E-state index is -0.432. The second-order valence-corrected chi connectivity index (χ2v) is 5.43. The Morgan fingerprint density at radius 2 is 2.10 bits per heavy atom. The summed E-state index contributed by atoms with van der Waals surface area (Å²) in [7, 11) is 1.74. The van der Waals surface area contributed by atoms with Crippen LogP contribution in [0.3, 0.4) is 0 Å². The van der Waals surface area contributed by atoms with Crippen LogP contribution in [0.15, 0.2) is 18.2 Å². The van der Waals surface area contributed by atoms with Crippen molar-refractivity contribution in [2.45, 2.75) is 32.0 Å². The van der Waals surface area contributed by atoms with Crippen LogP contribution in [-0.2, 0) is 4.74 Å². The second kappa shape index (κ2) is 6.61. The van der Waals surface area contributed by atoms with Crippen molar-refractivity contribution in [1.29, 1.82) is 0 Å². The van der Waals surface area contributed by atoms with Gasteiger partial charge in [0, 0.05) is 24.7 Å². The Bertz CT molecular complexity index is 453. The third-order valence-corrected chi connectivity index (χ3v) is 3.83. The van der Waals surface area contributed by atoms with Crippen LogP contribution in [0.25, 0.3) is 0 Å². The number of nitrogens with zero attached hydrogens (tertiary/aromatic N) is 1. The molecule has 1 aliphatic rings. The molecule has 20 heavy (non-hydrogen) atoms. The van der Waals surface area contributed by atoms with Crippen LogP contribution in [0.4, 0.5) is 8.78 Å². The van der Waals surface area contributed by atoms with Crippen molar-refractivity contribution in [3.63, 3.8) is 0 Å². The van der Waals surface area contributed by atoms with Crippen LogP contribution in [0.5, 0.6) is 0 Å². The summed E-state index contributed by atoms with van der Waals surface area (Å²) in [4.78, 5) is 2.29. The zero-order valence-electron chi connectivity index (χ0n) is 12.2. The van der Waals surface area contributed by atoms with Gasteiger partial charge < -0.3 is 10.1 Å². The third-order valence-electron chi connectivity index (χ3n) is 3.83. The Kier molecular flexibility index (Phi) is 5.07. The predicted octanol–water partition coefficient (Wildman–Crippen LogP) is 2.33. The third kappa shape index (κ3) is 3.34. The molecule has 2 atom stereocenters. The highest BCUT2D eigenvalue weighted by atomic mass is 19.1. The van der Waals surface area contributed by atoms with Gasteiger partial charge in [-0.15, -0.1) is 0 Å². The molecule has 0 bridgehead atoms. The lowest BCUT2D eigenvalue weighted by Gasteiger charge is -2.39. The van der Waals surface area contributed by atoms with E-state index in [1.807, 2.05) is 0 Å². The fraction of sp³-hybridized carbons (Fsp3) is 0.600. The summed E-state index contributed by atoms with van der Waals surface area (Å²) in [6, 6.07) is 3.60.